The third kappa shape index (κ3) is 3.73. The Morgan fingerprint density at radius 2 is 2.04 bits per heavy atom. The molecule has 0 bridgehead atoms. The molecule has 1 saturated heterocycles. The number of nitrogens with zero attached hydrogens (tertiary/aromatic N) is 5. The Kier molecular flexibility index (Phi) is 5.13. The fraction of sp³-hybridized carbons (Fsp3) is 0.765. The molecular formula is C17H29N5OS. The van der Waals surface area contributed by atoms with Crippen LogP contribution in [0.2, 0.25) is 0 Å². The van der Waals surface area contributed by atoms with Crippen LogP contribution in [0.25, 0.3) is 4.96 Å². The van der Waals surface area contributed by atoms with Gasteiger partial charge in [-0.2, -0.15) is 0 Å². The molecule has 6 nitrogen and oxygen atoms in total. The van der Waals surface area contributed by atoms with Gasteiger partial charge in [-0.25, -0.2) is 9.50 Å². The minimum absolute atomic E-state index is 0.0606. The van der Waals surface area contributed by atoms with E-state index in [9.17, 15) is 0 Å². The average molecular weight is 352 g/mol. The molecule has 1 aliphatic rings. The molecule has 1 N–H and O–H groups in total. The van der Waals surface area contributed by atoms with Gasteiger partial charge < -0.3 is 14.9 Å². The molecule has 0 radical (unpaired) electrons. The van der Waals surface area contributed by atoms with Gasteiger partial charge in [0, 0.05) is 37.7 Å². The maximum atomic E-state index is 8.97. The normalized spacial score (nSPS) is 17.3. The van der Waals surface area contributed by atoms with E-state index in [2.05, 4.69) is 43.8 Å². The number of fused-ring (bicyclic) bond motifs is 1. The molecule has 0 atom stereocenters. The van der Waals surface area contributed by atoms with Crippen molar-refractivity contribution in [2.45, 2.75) is 51.5 Å². The van der Waals surface area contributed by atoms with Gasteiger partial charge in [0.1, 0.15) is 0 Å². The minimum atomic E-state index is 0.0606. The van der Waals surface area contributed by atoms with Crippen LogP contribution < -0.4 is 4.90 Å². The summed E-state index contributed by atoms with van der Waals surface area (Å²) in [7, 11) is 2.17. The van der Waals surface area contributed by atoms with E-state index >= 15 is 0 Å². The summed E-state index contributed by atoms with van der Waals surface area (Å²) in [6.07, 6.45) is 5.22. The number of aromatic nitrogens is 3. The zero-order valence-corrected chi connectivity index (χ0v) is 16.0. The summed E-state index contributed by atoms with van der Waals surface area (Å²) >= 11 is 1.68. The molecule has 3 rings (SSSR count). The number of piperidine rings is 1. The van der Waals surface area contributed by atoms with Gasteiger partial charge in [-0.15, -0.1) is 5.10 Å². The van der Waals surface area contributed by atoms with Crippen molar-refractivity contribution < 1.29 is 5.11 Å². The zero-order chi connectivity index (χ0) is 17.3. The number of rotatable bonds is 5. The summed E-state index contributed by atoms with van der Waals surface area (Å²) in [6.45, 7) is 9.86. The zero-order valence-electron chi connectivity index (χ0n) is 15.2. The second kappa shape index (κ2) is 6.98. The lowest BCUT2D eigenvalue weighted by atomic mass is 9.93. The molecule has 24 heavy (non-hydrogen) atoms. The van der Waals surface area contributed by atoms with Gasteiger partial charge >= 0.3 is 0 Å². The Bertz CT molecular complexity index is 635. The van der Waals surface area contributed by atoms with Crippen molar-refractivity contribution in [2.24, 2.45) is 0 Å². The first kappa shape index (κ1) is 17.6. The maximum Gasteiger partial charge on any atom is 0.214 e. The van der Waals surface area contributed by atoms with Crippen molar-refractivity contribution in [1.82, 2.24) is 19.5 Å². The van der Waals surface area contributed by atoms with Crippen LogP contribution in [-0.4, -0.2) is 63.9 Å². The van der Waals surface area contributed by atoms with Crippen LogP contribution in [0.1, 0.15) is 45.7 Å². The summed E-state index contributed by atoms with van der Waals surface area (Å²) in [5, 5.41) is 14.8. The smallest absolute Gasteiger partial charge is 0.214 e. The van der Waals surface area contributed by atoms with Crippen LogP contribution in [0.15, 0.2) is 6.20 Å². The Balaban J connectivity index is 1.62. The predicted octanol–water partition coefficient (Wildman–Crippen LogP) is 2.37. The standard InChI is InChI=1S/C17H29N5OS/c1-17(2,3)14-12-22-15(18-14)24-16(19-22)21-9-6-13(7-10-21)20(4)8-5-11-23/h12-13,23H,5-11H2,1-4H3. The molecule has 0 aromatic carbocycles. The second-order valence-electron chi connectivity index (χ2n) is 7.76. The van der Waals surface area contributed by atoms with E-state index < -0.39 is 0 Å². The van der Waals surface area contributed by atoms with Crippen molar-refractivity contribution in [3.8, 4) is 0 Å². The number of aliphatic hydroxyl groups excluding tert-OH is 1. The van der Waals surface area contributed by atoms with E-state index in [1.54, 1.807) is 11.3 Å². The first-order valence-corrected chi connectivity index (χ1v) is 9.63. The van der Waals surface area contributed by atoms with Crippen molar-refractivity contribution in [3.63, 3.8) is 0 Å². The monoisotopic (exact) mass is 351 g/mol. The van der Waals surface area contributed by atoms with E-state index in [0.29, 0.717) is 6.04 Å². The second-order valence-corrected chi connectivity index (χ2v) is 8.70. The molecule has 134 valence electrons. The molecule has 1 fully saturated rings. The van der Waals surface area contributed by atoms with Gasteiger partial charge in [0.2, 0.25) is 10.1 Å². The van der Waals surface area contributed by atoms with Gasteiger partial charge in [0.25, 0.3) is 0 Å². The van der Waals surface area contributed by atoms with Crippen molar-refractivity contribution in [2.75, 3.05) is 38.2 Å². The lowest BCUT2D eigenvalue weighted by Crippen LogP contribution is -2.43. The summed E-state index contributed by atoms with van der Waals surface area (Å²) < 4.78 is 1.93. The number of anilines is 1. The highest BCUT2D eigenvalue weighted by atomic mass is 32.1. The predicted molar refractivity (Wildman–Crippen MR) is 99.1 cm³/mol. The molecule has 3 heterocycles. The van der Waals surface area contributed by atoms with E-state index in [1.807, 2.05) is 4.52 Å². The quantitative estimate of drug-likeness (QED) is 0.896. The Morgan fingerprint density at radius 3 is 2.62 bits per heavy atom. The number of imidazole rings is 1. The topological polar surface area (TPSA) is 56.9 Å². The van der Waals surface area contributed by atoms with Gasteiger partial charge in [-0.05, 0) is 26.3 Å². The first-order chi connectivity index (χ1) is 11.4. The van der Waals surface area contributed by atoms with Crippen LogP contribution in [0, 0.1) is 0 Å². The summed E-state index contributed by atoms with van der Waals surface area (Å²) in [4.78, 5) is 10.5. The number of hydrogen-bond acceptors (Lipinski definition) is 6. The Labute approximate surface area is 148 Å². The highest BCUT2D eigenvalue weighted by Gasteiger charge is 2.25. The van der Waals surface area contributed by atoms with E-state index in [0.717, 1.165) is 54.7 Å². The van der Waals surface area contributed by atoms with E-state index in [4.69, 9.17) is 15.2 Å². The molecule has 0 amide bonds. The van der Waals surface area contributed by atoms with Crippen LogP contribution in [0.4, 0.5) is 5.13 Å². The number of hydrogen-bond donors (Lipinski definition) is 1. The van der Waals surface area contributed by atoms with Gasteiger partial charge in [0.05, 0.1) is 11.9 Å². The Hall–Kier alpha value is -1.18. The average Bonchev–Trinajstić information content (AvgIpc) is 3.11. The summed E-state index contributed by atoms with van der Waals surface area (Å²) in [5.41, 5.74) is 1.16. The molecule has 0 unspecified atom stereocenters. The molecule has 7 heteroatoms. The molecule has 0 spiro atoms. The highest BCUT2D eigenvalue weighted by Crippen LogP contribution is 2.29. The lowest BCUT2D eigenvalue weighted by Gasteiger charge is -2.36. The van der Waals surface area contributed by atoms with Crippen molar-refractivity contribution in [3.05, 3.63) is 11.9 Å². The summed E-state index contributed by atoms with van der Waals surface area (Å²) in [6, 6.07) is 0.615. The fourth-order valence-corrected chi connectivity index (χ4v) is 4.11. The van der Waals surface area contributed by atoms with Gasteiger partial charge in [-0.1, -0.05) is 32.1 Å². The number of aliphatic hydroxyl groups is 1. The highest BCUT2D eigenvalue weighted by molar-refractivity contribution is 7.20. The van der Waals surface area contributed by atoms with E-state index in [1.165, 1.54) is 0 Å². The van der Waals surface area contributed by atoms with E-state index in [-0.39, 0.29) is 12.0 Å². The Morgan fingerprint density at radius 1 is 1.33 bits per heavy atom. The fourth-order valence-electron chi connectivity index (χ4n) is 3.18. The van der Waals surface area contributed by atoms with Crippen LogP contribution in [-0.2, 0) is 5.41 Å². The molecule has 1 aliphatic heterocycles. The largest absolute Gasteiger partial charge is 0.396 e. The molecule has 2 aromatic rings. The summed E-state index contributed by atoms with van der Waals surface area (Å²) in [5.74, 6) is 0. The van der Waals surface area contributed by atoms with Crippen molar-refractivity contribution >= 4 is 21.4 Å². The van der Waals surface area contributed by atoms with Crippen molar-refractivity contribution in [1.29, 1.82) is 0 Å². The molecule has 0 saturated carbocycles. The molecular weight excluding hydrogens is 322 g/mol. The maximum absolute atomic E-state index is 8.97. The third-order valence-electron chi connectivity index (χ3n) is 4.83. The molecule has 2 aromatic heterocycles. The minimum Gasteiger partial charge on any atom is -0.396 e. The molecule has 0 aliphatic carbocycles. The van der Waals surface area contributed by atoms with Crippen LogP contribution >= 0.6 is 11.3 Å². The SMILES string of the molecule is CN(CCCO)C1CCN(c2nn3cc(C(C)(C)C)nc3s2)CC1. The van der Waals surface area contributed by atoms with Gasteiger partial charge in [0.15, 0.2) is 0 Å². The van der Waals surface area contributed by atoms with Crippen LogP contribution in [0.5, 0.6) is 0 Å². The van der Waals surface area contributed by atoms with Crippen LogP contribution in [0.3, 0.4) is 0 Å². The first-order valence-electron chi connectivity index (χ1n) is 8.81. The van der Waals surface area contributed by atoms with Gasteiger partial charge in [-0.3, -0.25) is 0 Å². The lowest BCUT2D eigenvalue weighted by molar-refractivity contribution is 0.184. The third-order valence-corrected chi connectivity index (χ3v) is 5.81.